The molecule has 0 fully saturated rings. The molecule has 0 N–H and O–H groups in total. The molecule has 0 aliphatic carbocycles. The zero-order valence-corrected chi connectivity index (χ0v) is 11.9. The summed E-state index contributed by atoms with van der Waals surface area (Å²) in [5.41, 5.74) is 1.54. The van der Waals surface area contributed by atoms with E-state index in [1.54, 1.807) is 19.1 Å². The highest BCUT2D eigenvalue weighted by atomic mass is 16.5. The molecule has 108 valence electrons. The minimum absolute atomic E-state index is 0.349. The van der Waals surface area contributed by atoms with Gasteiger partial charge in [0, 0.05) is 12.3 Å². The zero-order chi connectivity index (χ0) is 14.9. The highest BCUT2D eigenvalue weighted by molar-refractivity contribution is 5.89. The van der Waals surface area contributed by atoms with Crippen molar-refractivity contribution in [3.8, 4) is 5.88 Å². The van der Waals surface area contributed by atoms with Gasteiger partial charge in [-0.2, -0.15) is 0 Å². The van der Waals surface area contributed by atoms with Crippen LogP contribution in [0.1, 0.15) is 22.8 Å². The molecule has 0 saturated heterocycles. The van der Waals surface area contributed by atoms with E-state index in [1.165, 1.54) is 6.20 Å². The van der Waals surface area contributed by atoms with Crippen molar-refractivity contribution < 1.29 is 14.3 Å². The summed E-state index contributed by atoms with van der Waals surface area (Å²) in [7, 11) is 0. The molecule has 0 bridgehead atoms. The van der Waals surface area contributed by atoms with Crippen LogP contribution < -0.4 is 4.74 Å². The number of benzene rings is 1. The second kappa shape index (κ2) is 7.85. The average Bonchev–Trinajstić information content (AvgIpc) is 2.53. The van der Waals surface area contributed by atoms with Crippen LogP contribution in [0.5, 0.6) is 5.88 Å². The summed E-state index contributed by atoms with van der Waals surface area (Å²) in [6, 6.07) is 13.3. The standard InChI is InChI=1S/C17H17NO3/c1-2-20-17(19)15-10-11-16(18-13-15)21-12-6-9-14-7-4-3-5-8-14/h3-11,13H,2,12H2,1H3/b9-6+. The van der Waals surface area contributed by atoms with Crippen molar-refractivity contribution >= 4 is 12.0 Å². The van der Waals surface area contributed by atoms with Gasteiger partial charge in [0.05, 0.1) is 12.2 Å². The van der Waals surface area contributed by atoms with E-state index < -0.39 is 0 Å². The van der Waals surface area contributed by atoms with Gasteiger partial charge >= 0.3 is 5.97 Å². The van der Waals surface area contributed by atoms with Crippen molar-refractivity contribution in [3.63, 3.8) is 0 Å². The lowest BCUT2D eigenvalue weighted by Crippen LogP contribution is -2.05. The van der Waals surface area contributed by atoms with Crippen LogP contribution in [-0.2, 0) is 4.74 Å². The fourth-order valence-corrected chi connectivity index (χ4v) is 1.68. The van der Waals surface area contributed by atoms with Crippen molar-refractivity contribution in [1.29, 1.82) is 0 Å². The smallest absolute Gasteiger partial charge is 0.339 e. The Morgan fingerprint density at radius 2 is 2.00 bits per heavy atom. The van der Waals surface area contributed by atoms with Crippen LogP contribution in [-0.4, -0.2) is 24.2 Å². The summed E-state index contributed by atoms with van der Waals surface area (Å²) in [5, 5.41) is 0. The normalized spacial score (nSPS) is 10.5. The molecular formula is C17H17NO3. The van der Waals surface area contributed by atoms with E-state index in [-0.39, 0.29) is 5.97 Å². The monoisotopic (exact) mass is 283 g/mol. The first-order valence-corrected chi connectivity index (χ1v) is 6.77. The molecule has 0 amide bonds. The molecule has 0 aliphatic heterocycles. The highest BCUT2D eigenvalue weighted by Gasteiger charge is 2.06. The Labute approximate surface area is 124 Å². The van der Waals surface area contributed by atoms with Gasteiger partial charge in [-0.15, -0.1) is 0 Å². The van der Waals surface area contributed by atoms with Crippen molar-refractivity contribution in [2.75, 3.05) is 13.2 Å². The summed E-state index contributed by atoms with van der Waals surface area (Å²) in [5.74, 6) is 0.0984. The van der Waals surface area contributed by atoms with Crippen molar-refractivity contribution in [2.45, 2.75) is 6.92 Å². The molecular weight excluding hydrogens is 266 g/mol. The van der Waals surface area contributed by atoms with Crippen molar-refractivity contribution in [1.82, 2.24) is 4.98 Å². The molecule has 1 aromatic heterocycles. The Morgan fingerprint density at radius 3 is 2.67 bits per heavy atom. The first kappa shape index (κ1) is 14.8. The first-order chi connectivity index (χ1) is 10.3. The number of hydrogen-bond donors (Lipinski definition) is 0. The second-order valence-corrected chi connectivity index (χ2v) is 4.23. The second-order valence-electron chi connectivity index (χ2n) is 4.23. The molecule has 0 radical (unpaired) electrons. The van der Waals surface area contributed by atoms with Gasteiger partial charge in [-0.1, -0.05) is 36.4 Å². The van der Waals surface area contributed by atoms with Gasteiger partial charge in [0.1, 0.15) is 6.61 Å². The third-order valence-electron chi connectivity index (χ3n) is 2.68. The molecule has 2 aromatic rings. The van der Waals surface area contributed by atoms with Crippen LogP contribution in [0.3, 0.4) is 0 Å². The van der Waals surface area contributed by atoms with E-state index >= 15 is 0 Å². The predicted molar refractivity (Wildman–Crippen MR) is 81.2 cm³/mol. The lowest BCUT2D eigenvalue weighted by atomic mass is 10.2. The Kier molecular flexibility index (Phi) is 5.52. The van der Waals surface area contributed by atoms with E-state index in [1.807, 2.05) is 42.5 Å². The molecule has 2 rings (SSSR count). The number of pyridine rings is 1. The minimum atomic E-state index is -0.375. The third-order valence-corrected chi connectivity index (χ3v) is 2.68. The number of carbonyl (C=O) groups is 1. The molecule has 4 nitrogen and oxygen atoms in total. The fraction of sp³-hybridized carbons (Fsp3) is 0.176. The maximum Gasteiger partial charge on any atom is 0.339 e. The van der Waals surface area contributed by atoms with Gasteiger partial charge in [0.25, 0.3) is 0 Å². The van der Waals surface area contributed by atoms with Gasteiger partial charge in [-0.05, 0) is 24.6 Å². The number of aromatic nitrogens is 1. The largest absolute Gasteiger partial charge is 0.473 e. The Morgan fingerprint density at radius 1 is 1.19 bits per heavy atom. The average molecular weight is 283 g/mol. The molecule has 21 heavy (non-hydrogen) atoms. The maximum absolute atomic E-state index is 11.5. The lowest BCUT2D eigenvalue weighted by Gasteiger charge is -2.04. The molecule has 1 aromatic carbocycles. The quantitative estimate of drug-likeness (QED) is 0.763. The van der Waals surface area contributed by atoms with Crippen molar-refractivity contribution in [2.24, 2.45) is 0 Å². The number of rotatable bonds is 6. The summed E-state index contributed by atoms with van der Waals surface area (Å²) >= 11 is 0. The lowest BCUT2D eigenvalue weighted by molar-refractivity contribution is 0.0526. The summed E-state index contributed by atoms with van der Waals surface area (Å²) in [4.78, 5) is 15.5. The number of carbonyl (C=O) groups excluding carboxylic acids is 1. The van der Waals surface area contributed by atoms with Crippen LogP contribution in [0, 0.1) is 0 Å². The Hall–Kier alpha value is -2.62. The van der Waals surface area contributed by atoms with E-state index in [0.29, 0.717) is 24.7 Å². The topological polar surface area (TPSA) is 48.4 Å². The van der Waals surface area contributed by atoms with E-state index in [2.05, 4.69) is 4.98 Å². The van der Waals surface area contributed by atoms with Crippen LogP contribution in [0.4, 0.5) is 0 Å². The summed E-state index contributed by atoms with van der Waals surface area (Å²) in [6.07, 6.45) is 5.34. The van der Waals surface area contributed by atoms with Gasteiger partial charge in [0.15, 0.2) is 0 Å². The minimum Gasteiger partial charge on any atom is -0.473 e. The van der Waals surface area contributed by atoms with Crippen LogP contribution in [0.2, 0.25) is 0 Å². The van der Waals surface area contributed by atoms with Crippen LogP contribution in [0.25, 0.3) is 6.08 Å². The first-order valence-electron chi connectivity index (χ1n) is 6.77. The molecule has 0 atom stereocenters. The van der Waals surface area contributed by atoms with Gasteiger partial charge in [-0.25, -0.2) is 9.78 Å². The predicted octanol–water partition coefficient (Wildman–Crippen LogP) is 3.35. The fourth-order valence-electron chi connectivity index (χ4n) is 1.68. The highest BCUT2D eigenvalue weighted by Crippen LogP contribution is 2.09. The van der Waals surface area contributed by atoms with Crippen molar-refractivity contribution in [3.05, 3.63) is 65.9 Å². The van der Waals surface area contributed by atoms with Gasteiger partial charge in [0.2, 0.25) is 5.88 Å². The van der Waals surface area contributed by atoms with Gasteiger partial charge < -0.3 is 9.47 Å². The van der Waals surface area contributed by atoms with Crippen LogP contribution in [0.15, 0.2) is 54.7 Å². The van der Waals surface area contributed by atoms with Gasteiger partial charge in [-0.3, -0.25) is 0 Å². The molecule has 1 heterocycles. The Bertz CT molecular complexity index is 591. The van der Waals surface area contributed by atoms with Crippen LogP contribution >= 0.6 is 0 Å². The summed E-state index contributed by atoms with van der Waals surface area (Å²) < 4.78 is 10.4. The van der Waals surface area contributed by atoms with E-state index in [4.69, 9.17) is 9.47 Å². The molecule has 0 unspecified atom stereocenters. The number of esters is 1. The number of nitrogens with zero attached hydrogens (tertiary/aromatic N) is 1. The number of ether oxygens (including phenoxy) is 2. The molecule has 0 saturated carbocycles. The molecule has 0 aliphatic rings. The molecule has 4 heteroatoms. The Balaban J connectivity index is 1.84. The third kappa shape index (κ3) is 4.76. The zero-order valence-electron chi connectivity index (χ0n) is 11.9. The SMILES string of the molecule is CCOC(=O)c1ccc(OC/C=C/c2ccccc2)nc1. The number of hydrogen-bond acceptors (Lipinski definition) is 4. The summed E-state index contributed by atoms with van der Waals surface area (Å²) in [6.45, 7) is 2.53. The maximum atomic E-state index is 11.5. The molecule has 0 spiro atoms. The van der Waals surface area contributed by atoms with E-state index in [9.17, 15) is 4.79 Å². The van der Waals surface area contributed by atoms with E-state index in [0.717, 1.165) is 5.56 Å².